The van der Waals surface area contributed by atoms with Crippen molar-refractivity contribution in [2.45, 2.75) is 45.1 Å². The minimum Gasteiger partial charge on any atom is -0.399 e. The zero-order valence-electron chi connectivity index (χ0n) is 21.9. The van der Waals surface area contributed by atoms with Gasteiger partial charge in [0.1, 0.15) is 11.6 Å². The van der Waals surface area contributed by atoms with Crippen LogP contribution in [0.3, 0.4) is 0 Å². The van der Waals surface area contributed by atoms with Crippen LogP contribution in [0.5, 0.6) is 0 Å². The maximum atomic E-state index is 14.0. The molecular weight excluding hydrogens is 547 g/mol. The molecule has 2 aromatic heterocycles. The summed E-state index contributed by atoms with van der Waals surface area (Å²) in [7, 11) is -0.609. The molecule has 40 heavy (non-hydrogen) atoms. The van der Waals surface area contributed by atoms with Gasteiger partial charge in [-0.15, -0.1) is 11.3 Å². The van der Waals surface area contributed by atoms with E-state index in [1.807, 2.05) is 39.8 Å². The van der Waals surface area contributed by atoms with Crippen molar-refractivity contribution in [2.75, 3.05) is 16.4 Å². The number of urea groups is 1. The van der Waals surface area contributed by atoms with Gasteiger partial charge in [-0.3, -0.25) is 0 Å². The van der Waals surface area contributed by atoms with E-state index in [-0.39, 0.29) is 0 Å². The highest BCUT2D eigenvalue weighted by molar-refractivity contribution is 7.22. The number of aromatic nitrogens is 1. The molecule has 2 aromatic carbocycles. The van der Waals surface area contributed by atoms with Crippen LogP contribution in [0.15, 0.2) is 54.7 Å². The van der Waals surface area contributed by atoms with Crippen molar-refractivity contribution in [2.24, 2.45) is 0 Å². The first-order valence-electron chi connectivity index (χ1n) is 12.2. The first kappa shape index (κ1) is 27.9. The first-order chi connectivity index (χ1) is 18.6. The number of rotatable bonds is 4. The van der Waals surface area contributed by atoms with Crippen molar-refractivity contribution in [1.82, 2.24) is 4.98 Å². The van der Waals surface area contributed by atoms with Crippen molar-refractivity contribution in [3.63, 3.8) is 0 Å². The second-order valence-corrected chi connectivity index (χ2v) is 11.5. The Morgan fingerprint density at radius 3 is 2.38 bits per heavy atom. The zero-order chi connectivity index (χ0) is 29.0. The Balaban J connectivity index is 1.36. The van der Waals surface area contributed by atoms with Crippen LogP contribution in [0.1, 0.15) is 33.3 Å². The molecule has 1 aliphatic rings. The fraction of sp³-hybridized carbons (Fsp3) is 0.259. The Hall–Kier alpha value is -3.68. The van der Waals surface area contributed by atoms with Crippen LogP contribution in [-0.2, 0) is 15.5 Å². The highest BCUT2D eigenvalue weighted by Gasteiger charge is 2.52. The van der Waals surface area contributed by atoms with E-state index >= 15 is 0 Å². The molecule has 1 aliphatic heterocycles. The Kier molecular flexibility index (Phi) is 6.80. The monoisotopic (exact) mass is 572 g/mol. The number of nitrogen functional groups attached to an aromatic ring is 1. The van der Waals surface area contributed by atoms with Gasteiger partial charge in [-0.1, -0.05) is 0 Å². The van der Waals surface area contributed by atoms with E-state index in [0.717, 1.165) is 20.4 Å². The molecule has 2 amide bonds. The van der Waals surface area contributed by atoms with E-state index in [0.29, 0.717) is 35.3 Å². The molecule has 0 bridgehead atoms. The lowest BCUT2D eigenvalue weighted by molar-refractivity contribution is -0.137. The molecule has 3 heterocycles. The Bertz CT molecular complexity index is 1610. The van der Waals surface area contributed by atoms with Gasteiger partial charge in [0.05, 0.1) is 22.5 Å². The number of alkyl halides is 3. The number of fused-ring (bicyclic) bond motifs is 1. The maximum absolute atomic E-state index is 14.0. The number of anilines is 3. The summed E-state index contributed by atoms with van der Waals surface area (Å²) in [6, 6.07) is 9.78. The molecular formula is C27H25BF4N4O3S. The molecule has 13 heteroatoms. The number of halogens is 4. The van der Waals surface area contributed by atoms with Crippen LogP contribution >= 0.6 is 11.3 Å². The Morgan fingerprint density at radius 1 is 1.00 bits per heavy atom. The van der Waals surface area contributed by atoms with Crippen molar-refractivity contribution in [3.8, 4) is 10.4 Å². The SMILES string of the molecule is CC1(C)OB(c2cnc(N)c(-c3cc4cc(NC(=O)Nc5cc(C(F)(F)F)ccc5F)ccc4s3)c2)OC1(C)C. The predicted octanol–water partition coefficient (Wildman–Crippen LogP) is 6.65. The van der Waals surface area contributed by atoms with Gasteiger partial charge < -0.3 is 25.7 Å². The highest BCUT2D eigenvalue weighted by atomic mass is 32.1. The fourth-order valence-corrected chi connectivity index (χ4v) is 5.20. The fourth-order valence-electron chi connectivity index (χ4n) is 4.13. The van der Waals surface area contributed by atoms with Gasteiger partial charge in [0.15, 0.2) is 0 Å². The molecule has 1 fully saturated rings. The first-order valence-corrected chi connectivity index (χ1v) is 13.0. The summed E-state index contributed by atoms with van der Waals surface area (Å²) in [5, 5.41) is 5.44. The summed E-state index contributed by atoms with van der Waals surface area (Å²) in [6.07, 6.45) is -3.05. The van der Waals surface area contributed by atoms with Crippen LogP contribution in [-0.4, -0.2) is 29.3 Å². The largest absolute Gasteiger partial charge is 0.496 e. The quantitative estimate of drug-likeness (QED) is 0.188. The summed E-state index contributed by atoms with van der Waals surface area (Å²) in [5.41, 5.74) is 5.30. The maximum Gasteiger partial charge on any atom is 0.496 e. The summed E-state index contributed by atoms with van der Waals surface area (Å²) in [6.45, 7) is 7.86. The summed E-state index contributed by atoms with van der Waals surface area (Å²) >= 11 is 1.47. The summed E-state index contributed by atoms with van der Waals surface area (Å²) < 4.78 is 66.1. The molecule has 0 saturated carbocycles. The molecule has 0 spiro atoms. The molecule has 0 aliphatic carbocycles. The minimum absolute atomic E-state index is 0.327. The number of thiophene rings is 1. The highest BCUT2D eigenvalue weighted by Crippen LogP contribution is 2.39. The van der Waals surface area contributed by atoms with Crippen LogP contribution in [0.4, 0.5) is 39.5 Å². The van der Waals surface area contributed by atoms with Crippen LogP contribution in [0.2, 0.25) is 0 Å². The number of amides is 2. The average Bonchev–Trinajstić information content (AvgIpc) is 3.36. The van der Waals surface area contributed by atoms with Crippen molar-refractivity contribution in [3.05, 3.63) is 66.1 Å². The van der Waals surface area contributed by atoms with Gasteiger partial charge in [0, 0.05) is 32.5 Å². The van der Waals surface area contributed by atoms with E-state index in [1.165, 1.54) is 11.3 Å². The van der Waals surface area contributed by atoms with Crippen LogP contribution in [0, 0.1) is 5.82 Å². The molecule has 208 valence electrons. The molecule has 1 saturated heterocycles. The number of nitrogens with zero attached hydrogens (tertiary/aromatic N) is 1. The normalized spacial score (nSPS) is 16.4. The van der Waals surface area contributed by atoms with Gasteiger partial charge in [-0.05, 0) is 81.6 Å². The molecule has 7 nitrogen and oxygen atoms in total. The lowest BCUT2D eigenvalue weighted by Gasteiger charge is -2.32. The number of carbonyl (C=O) groups is 1. The van der Waals surface area contributed by atoms with Crippen molar-refractivity contribution < 1.29 is 31.7 Å². The number of hydrogen-bond donors (Lipinski definition) is 3. The second kappa shape index (κ2) is 9.75. The van der Waals surface area contributed by atoms with E-state index in [2.05, 4.69) is 15.6 Å². The van der Waals surface area contributed by atoms with Gasteiger partial charge in [0.2, 0.25) is 0 Å². The molecule has 4 aromatic rings. The predicted molar refractivity (Wildman–Crippen MR) is 149 cm³/mol. The zero-order valence-corrected chi connectivity index (χ0v) is 22.8. The number of benzene rings is 2. The van der Waals surface area contributed by atoms with E-state index < -0.39 is 47.6 Å². The van der Waals surface area contributed by atoms with Crippen molar-refractivity contribution >= 4 is 57.2 Å². The molecule has 0 unspecified atom stereocenters. The molecule has 4 N–H and O–H groups in total. The Morgan fingerprint density at radius 2 is 1.70 bits per heavy atom. The second-order valence-electron chi connectivity index (χ2n) is 10.4. The molecule has 0 radical (unpaired) electrons. The van der Waals surface area contributed by atoms with Gasteiger partial charge >= 0.3 is 19.3 Å². The van der Waals surface area contributed by atoms with Gasteiger partial charge in [-0.2, -0.15) is 13.2 Å². The number of carbonyl (C=O) groups excluding carboxylic acids is 1. The van der Waals surface area contributed by atoms with Crippen LogP contribution < -0.4 is 21.8 Å². The minimum atomic E-state index is -4.68. The topological polar surface area (TPSA) is 98.5 Å². The van der Waals surface area contributed by atoms with E-state index in [9.17, 15) is 22.4 Å². The molecule has 0 atom stereocenters. The van der Waals surface area contributed by atoms with E-state index in [4.69, 9.17) is 15.0 Å². The lowest BCUT2D eigenvalue weighted by atomic mass is 9.79. The number of nitrogens with two attached hydrogens (primary N) is 1. The molecule has 5 rings (SSSR count). The third-order valence-electron chi connectivity index (χ3n) is 7.05. The number of nitrogens with one attached hydrogen (secondary N) is 2. The summed E-state index contributed by atoms with van der Waals surface area (Å²) in [4.78, 5) is 17.6. The van der Waals surface area contributed by atoms with Gasteiger partial charge in [-0.25, -0.2) is 14.2 Å². The average molecular weight is 572 g/mol. The Labute approximate surface area is 231 Å². The van der Waals surface area contributed by atoms with E-state index in [1.54, 1.807) is 24.4 Å². The van der Waals surface area contributed by atoms with Gasteiger partial charge in [0.25, 0.3) is 0 Å². The summed E-state index contributed by atoms with van der Waals surface area (Å²) in [5.74, 6) is -0.664. The lowest BCUT2D eigenvalue weighted by Crippen LogP contribution is -2.41. The smallest absolute Gasteiger partial charge is 0.399 e. The third-order valence-corrected chi connectivity index (χ3v) is 8.20. The number of pyridine rings is 1. The third kappa shape index (κ3) is 5.36. The van der Waals surface area contributed by atoms with Crippen LogP contribution in [0.25, 0.3) is 20.5 Å². The van der Waals surface area contributed by atoms with Crippen molar-refractivity contribution in [1.29, 1.82) is 0 Å². The number of hydrogen-bond acceptors (Lipinski definition) is 6. The standard InChI is InChI=1S/C27H25BF4N4O3S/c1-25(2)26(3,4)39-28(38-25)16-12-18(23(33)34-13-16)22-10-14-9-17(6-8-21(14)40-22)35-24(37)36-20-11-15(27(30,31)32)5-7-19(20)29/h5-13H,1-4H3,(H2,33,34)(H2,35,36,37).